The van der Waals surface area contributed by atoms with Crippen molar-refractivity contribution >= 4 is 11.9 Å². The summed E-state index contributed by atoms with van der Waals surface area (Å²) in [6.45, 7) is 7.54. The van der Waals surface area contributed by atoms with E-state index in [0.717, 1.165) is 55.7 Å². The van der Waals surface area contributed by atoms with Crippen molar-refractivity contribution in [1.29, 1.82) is 0 Å². The van der Waals surface area contributed by atoms with Gasteiger partial charge in [0.1, 0.15) is 86.5 Å². The highest BCUT2D eigenvalue weighted by Gasteiger charge is 2.54. The Morgan fingerprint density at radius 2 is 1.17 bits per heavy atom. The second-order valence-electron chi connectivity index (χ2n) is 17.1. The lowest BCUT2D eigenvalue weighted by molar-refractivity contribution is -0.393. The molecule has 4 aliphatic rings. The van der Waals surface area contributed by atoms with Gasteiger partial charge in [-0.2, -0.15) is 0 Å². The van der Waals surface area contributed by atoms with E-state index in [0.29, 0.717) is 25.9 Å². The number of hydrogen-bond donors (Lipinski definition) is 9. The number of aliphatic hydroxyl groups is 9. The fraction of sp³-hybridized carbons (Fsp3) is 0.733. The van der Waals surface area contributed by atoms with Gasteiger partial charge >= 0.3 is 11.9 Å². The van der Waals surface area contributed by atoms with Crippen molar-refractivity contribution in [3.05, 3.63) is 58.2 Å². The Bertz CT molecular complexity index is 1640. The third-order valence-corrected chi connectivity index (χ3v) is 11.5. The van der Waals surface area contributed by atoms with E-state index in [1.807, 2.05) is 13.8 Å². The predicted molar refractivity (Wildman–Crippen MR) is 226 cm³/mol. The highest BCUT2D eigenvalue weighted by molar-refractivity contribution is 5.85. The van der Waals surface area contributed by atoms with Crippen LogP contribution in [0.15, 0.2) is 58.2 Å². The lowest BCUT2D eigenvalue weighted by Crippen LogP contribution is -2.67. The van der Waals surface area contributed by atoms with Crippen molar-refractivity contribution in [3.63, 3.8) is 0 Å². The monoisotopic (exact) mass is 914 g/mol. The first-order chi connectivity index (χ1) is 30.4. The first-order valence-electron chi connectivity index (χ1n) is 21.9. The second kappa shape index (κ2) is 26.4. The molecule has 9 N–H and O–H groups in total. The first-order valence-corrected chi connectivity index (χ1v) is 21.9. The molecule has 4 heterocycles. The SMILES string of the molecule is CC(=O)OC[C@H]1O[C@@H](O[C@H]2[C@H](OCC(=CCCC(C)=CCCC(C)=CCCC3=CC(=O)OC3)CCC=C(C)C)O[C@H](CO)[C@@H](O)[C@@H]2O)[C@H](O[C@@H]2O[C@H](CO)[C@@H](O)[C@H](O)[C@H]2O)[C@@H](O)[C@@H]1O. The van der Waals surface area contributed by atoms with Crippen LogP contribution in [0, 0.1) is 0 Å². The maximum absolute atomic E-state index is 11.7. The van der Waals surface area contributed by atoms with Gasteiger partial charge in [-0.05, 0) is 90.2 Å². The third kappa shape index (κ3) is 15.8. The standard InChI is InChI=1S/C45H70O19/c1-24(2)10-6-15-28(16-8-13-25(3)11-7-12-26(4)14-9-17-29-18-33(49)58-22-29)21-59-44-41(38(54)35(51)31(20-47)61-44)64-45-42(39(55)36(52)32(62-45)23-57-27(5)48)63-43-40(56)37(53)34(50)30(19-46)60-43/h10-11,14,16,18,30-32,34-47,50-56H,6-9,12-13,15,17,19-23H2,1-5H3/t30-,31-,32-,34-,35-,36-,37+,38+,39+,40-,41-,42-,43+,44-,45+/m1/s1. The van der Waals surface area contributed by atoms with Gasteiger partial charge in [0.05, 0.1) is 19.8 Å². The fourth-order valence-corrected chi connectivity index (χ4v) is 7.61. The molecule has 64 heavy (non-hydrogen) atoms. The fourth-order valence-electron chi connectivity index (χ4n) is 7.61. The first kappa shape index (κ1) is 53.7. The van der Waals surface area contributed by atoms with Crippen LogP contribution in [0.25, 0.3) is 0 Å². The Morgan fingerprint density at radius 1 is 0.641 bits per heavy atom. The summed E-state index contributed by atoms with van der Waals surface area (Å²) in [6, 6.07) is 0. The lowest BCUT2D eigenvalue weighted by atomic mass is 9.96. The smallest absolute Gasteiger partial charge is 0.331 e. The van der Waals surface area contributed by atoms with Crippen LogP contribution < -0.4 is 0 Å². The number of aliphatic hydroxyl groups excluding tert-OH is 9. The molecule has 0 aromatic rings. The maximum Gasteiger partial charge on any atom is 0.331 e. The maximum atomic E-state index is 11.7. The highest BCUT2D eigenvalue weighted by atomic mass is 16.8. The van der Waals surface area contributed by atoms with Crippen LogP contribution in [-0.2, 0) is 47.5 Å². The van der Waals surface area contributed by atoms with Crippen LogP contribution in [0.4, 0.5) is 0 Å². The minimum Gasteiger partial charge on any atom is -0.463 e. The van der Waals surface area contributed by atoms with Crippen molar-refractivity contribution < 1.29 is 93.4 Å². The average Bonchev–Trinajstić information content (AvgIpc) is 3.67. The molecule has 4 rings (SSSR count). The molecule has 0 bridgehead atoms. The zero-order valence-electron chi connectivity index (χ0n) is 37.3. The molecule has 364 valence electrons. The summed E-state index contributed by atoms with van der Waals surface area (Å²) in [4.78, 5) is 22.9. The van der Waals surface area contributed by atoms with Crippen molar-refractivity contribution in [2.75, 3.05) is 33.0 Å². The van der Waals surface area contributed by atoms with Gasteiger partial charge in [0.15, 0.2) is 18.9 Å². The molecule has 0 unspecified atom stereocenters. The molecule has 4 aliphatic heterocycles. The molecule has 0 aromatic heterocycles. The Balaban J connectivity index is 1.49. The molecule has 0 radical (unpaired) electrons. The van der Waals surface area contributed by atoms with Crippen LogP contribution in [0.2, 0.25) is 0 Å². The molecule has 0 saturated carbocycles. The molecular formula is C45H70O19. The topological polar surface area (TPSA) is 290 Å². The molecule has 19 nitrogen and oxygen atoms in total. The summed E-state index contributed by atoms with van der Waals surface area (Å²) in [5, 5.41) is 95.9. The molecule has 0 aliphatic carbocycles. The minimum absolute atomic E-state index is 0.0290. The zero-order chi connectivity index (χ0) is 47.1. The molecule has 3 saturated heterocycles. The molecule has 19 heteroatoms. The Morgan fingerprint density at radius 3 is 1.77 bits per heavy atom. The molecular weight excluding hydrogens is 844 g/mol. The van der Waals surface area contributed by atoms with Gasteiger partial charge in [0, 0.05) is 13.0 Å². The number of allylic oxidation sites excluding steroid dienone is 7. The van der Waals surface area contributed by atoms with Gasteiger partial charge in [-0.25, -0.2) is 4.79 Å². The Labute approximate surface area is 374 Å². The molecule has 0 aromatic carbocycles. The summed E-state index contributed by atoms with van der Waals surface area (Å²) >= 11 is 0. The van der Waals surface area contributed by atoms with Crippen LogP contribution in [0.5, 0.6) is 0 Å². The van der Waals surface area contributed by atoms with Gasteiger partial charge in [-0.15, -0.1) is 0 Å². The summed E-state index contributed by atoms with van der Waals surface area (Å²) in [5.74, 6) is -1.01. The molecule has 0 spiro atoms. The number of cyclic esters (lactones) is 1. The molecule has 3 fully saturated rings. The average molecular weight is 915 g/mol. The quantitative estimate of drug-likeness (QED) is 0.0496. The predicted octanol–water partition coefficient (Wildman–Crippen LogP) is 0.411. The van der Waals surface area contributed by atoms with Crippen LogP contribution in [0.1, 0.15) is 86.0 Å². The third-order valence-electron chi connectivity index (χ3n) is 11.5. The summed E-state index contributed by atoms with van der Waals surface area (Å²) in [5.41, 5.74) is 5.49. The van der Waals surface area contributed by atoms with E-state index in [9.17, 15) is 55.5 Å². The van der Waals surface area contributed by atoms with E-state index < -0.39 is 118 Å². The van der Waals surface area contributed by atoms with Crippen LogP contribution in [0.3, 0.4) is 0 Å². The van der Waals surface area contributed by atoms with E-state index in [1.54, 1.807) is 6.08 Å². The number of esters is 2. The van der Waals surface area contributed by atoms with Gasteiger partial charge in [0.25, 0.3) is 0 Å². The Kier molecular flexibility index (Phi) is 22.1. The summed E-state index contributed by atoms with van der Waals surface area (Å²) in [7, 11) is 0. The van der Waals surface area contributed by atoms with E-state index in [1.165, 1.54) is 11.1 Å². The largest absolute Gasteiger partial charge is 0.463 e. The van der Waals surface area contributed by atoms with Crippen LogP contribution >= 0.6 is 0 Å². The Hall–Kier alpha value is -2.96. The summed E-state index contributed by atoms with van der Waals surface area (Å²) in [6.07, 6.45) is -9.23. The van der Waals surface area contributed by atoms with Gasteiger partial charge in [-0.1, -0.05) is 41.0 Å². The highest BCUT2D eigenvalue weighted by Crippen LogP contribution is 2.34. The zero-order valence-corrected chi connectivity index (χ0v) is 37.3. The van der Waals surface area contributed by atoms with Crippen molar-refractivity contribution in [3.8, 4) is 0 Å². The number of rotatable bonds is 23. The normalized spacial score (nSPS) is 35.2. The number of carbonyl (C=O) groups excluding carboxylic acids is 2. The van der Waals surface area contributed by atoms with Gasteiger partial charge in [-0.3, -0.25) is 4.79 Å². The lowest BCUT2D eigenvalue weighted by Gasteiger charge is -2.48. The van der Waals surface area contributed by atoms with E-state index in [-0.39, 0.29) is 12.6 Å². The number of ether oxygens (including phenoxy) is 8. The number of hydrogen-bond acceptors (Lipinski definition) is 19. The van der Waals surface area contributed by atoms with Crippen LogP contribution in [-0.4, -0.2) is 183 Å². The summed E-state index contributed by atoms with van der Waals surface area (Å²) < 4.78 is 45.5. The van der Waals surface area contributed by atoms with Gasteiger partial charge < -0.3 is 83.9 Å². The van der Waals surface area contributed by atoms with E-state index in [4.69, 9.17) is 37.9 Å². The van der Waals surface area contributed by atoms with Crippen molar-refractivity contribution in [2.24, 2.45) is 0 Å². The van der Waals surface area contributed by atoms with E-state index in [2.05, 4.69) is 38.2 Å². The van der Waals surface area contributed by atoms with Crippen molar-refractivity contribution in [1.82, 2.24) is 0 Å². The molecule has 15 atom stereocenters. The second-order valence-corrected chi connectivity index (χ2v) is 17.1. The van der Waals surface area contributed by atoms with Crippen molar-refractivity contribution in [2.45, 2.75) is 178 Å². The number of carbonyl (C=O) groups is 2. The minimum atomic E-state index is -1.93. The van der Waals surface area contributed by atoms with Gasteiger partial charge in [0.2, 0.25) is 0 Å². The van der Waals surface area contributed by atoms with E-state index >= 15 is 0 Å². The molecule has 0 amide bonds.